The van der Waals surface area contributed by atoms with E-state index < -0.39 is 47.6 Å². The Morgan fingerprint density at radius 1 is 1.18 bits per heavy atom. The molecule has 2 bridgehead atoms. The van der Waals surface area contributed by atoms with Gasteiger partial charge in [0, 0.05) is 25.2 Å². The highest BCUT2D eigenvalue weighted by molar-refractivity contribution is 5.89. The number of alkyl halides is 3. The minimum atomic E-state index is -4.54. The van der Waals surface area contributed by atoms with Gasteiger partial charge in [0.05, 0.1) is 23.7 Å². The molecule has 7 atom stereocenters. The fourth-order valence-electron chi connectivity index (χ4n) is 6.61. The lowest BCUT2D eigenvalue weighted by molar-refractivity contribution is -0.144. The van der Waals surface area contributed by atoms with Crippen molar-refractivity contribution >= 4 is 17.9 Å². The van der Waals surface area contributed by atoms with Crippen LogP contribution in [0, 0.1) is 17.2 Å². The third-order valence-electron chi connectivity index (χ3n) is 8.36. The van der Waals surface area contributed by atoms with Crippen LogP contribution in [-0.4, -0.2) is 81.5 Å². The van der Waals surface area contributed by atoms with Gasteiger partial charge in [0.15, 0.2) is 0 Å². The summed E-state index contributed by atoms with van der Waals surface area (Å²) >= 11 is 0. The zero-order valence-electron chi connectivity index (χ0n) is 22.9. The van der Waals surface area contributed by atoms with Gasteiger partial charge in [0.25, 0.3) is 0 Å². The fourth-order valence-corrected chi connectivity index (χ4v) is 6.61. The number of fused-ring (bicyclic) bond motifs is 3. The number of carbonyl (C=O) groups excluding carboxylic acids is 3. The Labute approximate surface area is 231 Å². The van der Waals surface area contributed by atoms with Crippen LogP contribution in [0.15, 0.2) is 24.3 Å². The van der Waals surface area contributed by atoms with Crippen molar-refractivity contribution in [1.29, 1.82) is 5.26 Å². The van der Waals surface area contributed by atoms with Gasteiger partial charge in [0.2, 0.25) is 11.8 Å². The van der Waals surface area contributed by atoms with Crippen LogP contribution in [0.4, 0.5) is 18.0 Å². The van der Waals surface area contributed by atoms with Crippen LogP contribution in [0.25, 0.3) is 0 Å². The van der Waals surface area contributed by atoms with Crippen molar-refractivity contribution in [3.63, 3.8) is 0 Å². The smallest absolute Gasteiger partial charge is 0.416 e. The molecule has 1 saturated carbocycles. The maximum Gasteiger partial charge on any atom is 0.416 e. The molecule has 3 amide bonds. The third-order valence-corrected chi connectivity index (χ3v) is 8.36. The van der Waals surface area contributed by atoms with Crippen LogP contribution < -0.4 is 5.32 Å². The first kappa shape index (κ1) is 28.2. The van der Waals surface area contributed by atoms with Crippen LogP contribution in [0.2, 0.25) is 0 Å². The summed E-state index contributed by atoms with van der Waals surface area (Å²) in [5.74, 6) is -0.403. The molecule has 3 saturated heterocycles. The Morgan fingerprint density at radius 3 is 2.50 bits per heavy atom. The predicted octanol–water partition coefficient (Wildman–Crippen LogP) is 3.46. The van der Waals surface area contributed by atoms with Crippen molar-refractivity contribution in [1.82, 2.24) is 20.0 Å². The number of likely N-dealkylation sites (tertiary alicyclic amines) is 3. The molecule has 1 aliphatic carbocycles. The number of benzene rings is 1. The summed E-state index contributed by atoms with van der Waals surface area (Å²) in [5, 5.41) is 12.3. The molecule has 40 heavy (non-hydrogen) atoms. The number of carbonyl (C=O) groups is 3. The van der Waals surface area contributed by atoms with Gasteiger partial charge in [-0.3, -0.25) is 14.5 Å². The number of hydrogen-bond acceptors (Lipinski definition) is 6. The number of amides is 3. The number of piperidine rings is 1. The first-order valence-electron chi connectivity index (χ1n) is 13.6. The molecular formula is C28H34F3N5O4. The van der Waals surface area contributed by atoms with E-state index in [0.717, 1.165) is 12.5 Å². The number of halogens is 3. The predicted molar refractivity (Wildman–Crippen MR) is 136 cm³/mol. The van der Waals surface area contributed by atoms with E-state index in [1.807, 2.05) is 4.90 Å². The number of nitrogens with zero attached hydrogens (tertiary/aromatic N) is 4. The third kappa shape index (κ3) is 5.23. The molecule has 1 N–H and O–H groups in total. The van der Waals surface area contributed by atoms with Gasteiger partial charge in [-0.1, -0.05) is 18.2 Å². The van der Waals surface area contributed by atoms with Crippen molar-refractivity contribution < 1.29 is 32.3 Å². The van der Waals surface area contributed by atoms with E-state index in [9.17, 15) is 32.8 Å². The first-order valence-corrected chi connectivity index (χ1v) is 13.6. The first-order chi connectivity index (χ1) is 18.7. The Kier molecular flexibility index (Phi) is 7.01. The number of alkyl carbamates (subject to hydrolysis) is 1. The summed E-state index contributed by atoms with van der Waals surface area (Å²) < 4.78 is 46.4. The molecular weight excluding hydrogens is 527 g/mol. The molecule has 3 heterocycles. The highest BCUT2D eigenvalue weighted by Gasteiger charge is 2.57. The molecule has 0 spiro atoms. The summed E-state index contributed by atoms with van der Waals surface area (Å²) in [5.41, 5.74) is -1.52. The SMILES string of the molecule is C[C@@H](c1ccccc1C(F)(F)F)N1C(=O)C2CC1CN2CC(NC(=O)OC(C)(C)C)C(=O)N1C(C#N)CC2CC21. The Morgan fingerprint density at radius 2 is 1.88 bits per heavy atom. The zero-order valence-corrected chi connectivity index (χ0v) is 22.9. The summed E-state index contributed by atoms with van der Waals surface area (Å²) in [4.78, 5) is 44.8. The molecule has 3 aliphatic heterocycles. The van der Waals surface area contributed by atoms with Crippen molar-refractivity contribution in [3.8, 4) is 6.07 Å². The molecule has 4 fully saturated rings. The van der Waals surface area contributed by atoms with E-state index >= 15 is 0 Å². The van der Waals surface area contributed by atoms with Crippen molar-refractivity contribution in [3.05, 3.63) is 35.4 Å². The Balaban J connectivity index is 1.33. The summed E-state index contributed by atoms with van der Waals surface area (Å²) in [6, 6.07) is 4.08. The maximum absolute atomic E-state index is 13.7. The molecule has 0 radical (unpaired) electrons. The molecule has 1 aromatic rings. The average Bonchev–Trinajstić information content (AvgIpc) is 3.18. The molecule has 1 aromatic carbocycles. The van der Waals surface area contributed by atoms with Gasteiger partial charge in [0.1, 0.15) is 17.7 Å². The molecule has 216 valence electrons. The molecule has 5 rings (SSSR count). The van der Waals surface area contributed by atoms with Gasteiger partial charge < -0.3 is 19.9 Å². The average molecular weight is 562 g/mol. The number of rotatable bonds is 6. The topological polar surface area (TPSA) is 106 Å². The minimum absolute atomic E-state index is 0.0261. The van der Waals surface area contributed by atoms with Crippen molar-refractivity contribution in [2.75, 3.05) is 13.1 Å². The van der Waals surface area contributed by atoms with Gasteiger partial charge in [-0.05, 0) is 64.5 Å². The number of ether oxygens (including phenoxy) is 1. The second kappa shape index (κ2) is 9.94. The monoisotopic (exact) mass is 561 g/mol. The quantitative estimate of drug-likeness (QED) is 0.571. The van der Waals surface area contributed by atoms with Crippen LogP contribution in [-0.2, 0) is 20.5 Å². The molecule has 9 nitrogen and oxygen atoms in total. The highest BCUT2D eigenvalue weighted by Crippen LogP contribution is 2.48. The lowest BCUT2D eigenvalue weighted by Gasteiger charge is -2.39. The highest BCUT2D eigenvalue weighted by atomic mass is 19.4. The Hall–Kier alpha value is -3.33. The molecule has 6 unspecified atom stereocenters. The van der Waals surface area contributed by atoms with Crippen molar-refractivity contribution in [2.24, 2.45) is 5.92 Å². The minimum Gasteiger partial charge on any atom is -0.444 e. The van der Waals surface area contributed by atoms with Gasteiger partial charge in [-0.15, -0.1) is 0 Å². The van der Waals surface area contributed by atoms with E-state index in [2.05, 4.69) is 11.4 Å². The second-order valence-electron chi connectivity index (χ2n) is 12.3. The van der Waals surface area contributed by atoms with Gasteiger partial charge in [-0.25, -0.2) is 4.79 Å². The van der Waals surface area contributed by atoms with Crippen LogP contribution in [0.1, 0.15) is 64.1 Å². The number of piperazine rings is 1. The Bertz CT molecular complexity index is 1240. The van der Waals surface area contributed by atoms with Gasteiger partial charge in [-0.2, -0.15) is 18.4 Å². The maximum atomic E-state index is 13.7. The van der Waals surface area contributed by atoms with Crippen LogP contribution in [0.5, 0.6) is 0 Å². The van der Waals surface area contributed by atoms with Crippen LogP contribution in [0.3, 0.4) is 0 Å². The second-order valence-corrected chi connectivity index (χ2v) is 12.3. The summed E-state index contributed by atoms with van der Waals surface area (Å²) in [6.45, 7) is 7.09. The molecule has 12 heteroatoms. The van der Waals surface area contributed by atoms with E-state index in [0.29, 0.717) is 19.4 Å². The lowest BCUT2D eigenvalue weighted by atomic mass is 9.99. The van der Waals surface area contributed by atoms with E-state index in [1.54, 1.807) is 32.6 Å². The van der Waals surface area contributed by atoms with Gasteiger partial charge >= 0.3 is 12.3 Å². The normalized spacial score (nSPS) is 29.1. The summed E-state index contributed by atoms with van der Waals surface area (Å²) in [7, 11) is 0. The largest absolute Gasteiger partial charge is 0.444 e. The summed E-state index contributed by atoms with van der Waals surface area (Å²) in [6.07, 6.45) is -3.48. The van der Waals surface area contributed by atoms with E-state index in [4.69, 9.17) is 4.74 Å². The number of hydrogen-bond donors (Lipinski definition) is 1. The fraction of sp³-hybridized carbons (Fsp3) is 0.643. The van der Waals surface area contributed by atoms with Crippen molar-refractivity contribution in [2.45, 2.75) is 95.0 Å². The lowest BCUT2D eigenvalue weighted by Crippen LogP contribution is -2.59. The number of nitrogens with one attached hydrogen (secondary N) is 1. The number of nitriles is 1. The van der Waals surface area contributed by atoms with Crippen LogP contribution >= 0.6 is 0 Å². The zero-order chi connectivity index (χ0) is 29.1. The molecule has 0 aromatic heterocycles. The van der Waals surface area contributed by atoms with E-state index in [-0.39, 0.29) is 41.9 Å². The molecule has 4 aliphatic rings. The standard InChI is InChI=1S/C28H34F3N5O4/c1-15(19-7-5-6-8-20(19)28(29,30)31)35-18-11-23(25(35)38)34(13-18)14-21(33-26(39)40-27(2,3)4)24(37)36-17(12-32)9-16-10-22(16)36/h5-8,15-18,21-23H,9-11,13-14H2,1-4H3,(H,33,39)/t15-,16?,17?,18?,21?,22?,23?/m0/s1. The van der Waals surface area contributed by atoms with E-state index in [1.165, 1.54) is 23.1 Å².